The third kappa shape index (κ3) is 4.06. The third-order valence-corrected chi connectivity index (χ3v) is 5.59. The van der Waals surface area contributed by atoms with Gasteiger partial charge in [-0.25, -0.2) is 0 Å². The average Bonchev–Trinajstić information content (AvgIpc) is 2.48. The molecule has 1 atom stereocenters. The van der Waals surface area contributed by atoms with Gasteiger partial charge >= 0.3 is 0 Å². The van der Waals surface area contributed by atoms with E-state index in [2.05, 4.69) is 4.90 Å². The van der Waals surface area contributed by atoms with Crippen LogP contribution in [0.1, 0.15) is 59.8 Å². The van der Waals surface area contributed by atoms with Gasteiger partial charge < -0.3 is 10.6 Å². The van der Waals surface area contributed by atoms with Crippen molar-refractivity contribution in [1.29, 1.82) is 0 Å². The van der Waals surface area contributed by atoms with E-state index in [1.54, 1.807) is 0 Å². The number of hydrogen-bond acceptors (Lipinski definition) is 3. The van der Waals surface area contributed by atoms with Crippen molar-refractivity contribution in [2.75, 3.05) is 26.2 Å². The molecule has 5 nitrogen and oxygen atoms in total. The molecular formula is C18H33N3O2. The Hall–Kier alpha value is -1.10. The Kier molecular flexibility index (Phi) is 5.39. The highest BCUT2D eigenvalue weighted by Gasteiger charge is 2.41. The monoisotopic (exact) mass is 323 g/mol. The third-order valence-electron chi connectivity index (χ3n) is 5.59. The van der Waals surface area contributed by atoms with E-state index in [1.807, 2.05) is 32.6 Å². The van der Waals surface area contributed by atoms with Crippen LogP contribution < -0.4 is 5.73 Å². The maximum absolute atomic E-state index is 12.4. The highest BCUT2D eigenvalue weighted by molar-refractivity contribution is 5.84. The molecule has 2 rings (SSSR count). The fraction of sp³-hybridized carbons (Fsp3) is 0.889. The summed E-state index contributed by atoms with van der Waals surface area (Å²) >= 11 is 0. The molecule has 0 aliphatic carbocycles. The Morgan fingerprint density at radius 1 is 1.13 bits per heavy atom. The highest BCUT2D eigenvalue weighted by atomic mass is 16.2. The smallest absolute Gasteiger partial charge is 0.237 e. The molecule has 2 aliphatic heterocycles. The fourth-order valence-electron chi connectivity index (χ4n) is 3.85. The molecular weight excluding hydrogens is 290 g/mol. The first-order chi connectivity index (χ1) is 10.6. The minimum atomic E-state index is -0.489. The highest BCUT2D eigenvalue weighted by Crippen LogP contribution is 2.31. The van der Waals surface area contributed by atoms with Gasteiger partial charge in [0.05, 0.1) is 5.54 Å². The number of rotatable bonds is 3. The summed E-state index contributed by atoms with van der Waals surface area (Å²) in [5.41, 5.74) is 4.88. The van der Waals surface area contributed by atoms with Crippen LogP contribution in [0.5, 0.6) is 0 Å². The van der Waals surface area contributed by atoms with E-state index >= 15 is 0 Å². The van der Waals surface area contributed by atoms with Gasteiger partial charge in [0.1, 0.15) is 0 Å². The van der Waals surface area contributed by atoms with Crippen LogP contribution in [-0.4, -0.2) is 53.3 Å². The average molecular weight is 323 g/mol. The molecule has 23 heavy (non-hydrogen) atoms. The van der Waals surface area contributed by atoms with E-state index in [9.17, 15) is 9.59 Å². The summed E-state index contributed by atoms with van der Waals surface area (Å²) in [6.07, 6.45) is 5.13. The second kappa shape index (κ2) is 6.80. The molecule has 2 heterocycles. The minimum absolute atomic E-state index is 0.197. The Balaban J connectivity index is 1.91. The molecule has 5 heteroatoms. The summed E-state index contributed by atoms with van der Waals surface area (Å²) in [5, 5.41) is 0. The van der Waals surface area contributed by atoms with E-state index in [-0.39, 0.29) is 17.2 Å². The number of hydrogen-bond donors (Lipinski definition) is 1. The molecule has 2 saturated heterocycles. The Morgan fingerprint density at radius 2 is 1.74 bits per heavy atom. The topological polar surface area (TPSA) is 66.6 Å². The Bertz CT molecular complexity index is 450. The lowest BCUT2D eigenvalue weighted by Gasteiger charge is -2.45. The fourth-order valence-corrected chi connectivity index (χ4v) is 3.85. The van der Waals surface area contributed by atoms with Crippen molar-refractivity contribution < 1.29 is 9.59 Å². The van der Waals surface area contributed by atoms with Crippen LogP contribution in [-0.2, 0) is 9.59 Å². The number of piperidine rings is 2. The summed E-state index contributed by atoms with van der Waals surface area (Å²) in [6, 6.07) is 0. The first kappa shape index (κ1) is 18.2. The zero-order valence-corrected chi connectivity index (χ0v) is 15.2. The molecule has 2 aliphatic rings. The second-order valence-corrected chi connectivity index (χ2v) is 8.53. The summed E-state index contributed by atoms with van der Waals surface area (Å²) in [7, 11) is 0. The van der Waals surface area contributed by atoms with Crippen molar-refractivity contribution in [3.63, 3.8) is 0 Å². The number of nitrogens with zero attached hydrogens (tertiary/aromatic N) is 2. The maximum atomic E-state index is 12.4. The Labute approximate surface area is 140 Å². The van der Waals surface area contributed by atoms with Gasteiger partial charge in [-0.15, -0.1) is 0 Å². The van der Waals surface area contributed by atoms with Gasteiger partial charge in [-0.3, -0.25) is 14.5 Å². The molecule has 2 N–H and O–H groups in total. The summed E-state index contributed by atoms with van der Waals surface area (Å²) in [4.78, 5) is 28.6. The number of amides is 2. The molecule has 0 aromatic carbocycles. The second-order valence-electron chi connectivity index (χ2n) is 8.53. The zero-order chi connectivity index (χ0) is 17.3. The number of nitrogens with two attached hydrogens (primary N) is 1. The maximum Gasteiger partial charge on any atom is 0.237 e. The van der Waals surface area contributed by atoms with Crippen molar-refractivity contribution >= 4 is 11.8 Å². The van der Waals surface area contributed by atoms with Gasteiger partial charge in [-0.2, -0.15) is 0 Å². The van der Waals surface area contributed by atoms with Crippen molar-refractivity contribution in [2.24, 2.45) is 17.1 Å². The number of primary amides is 1. The molecule has 2 amide bonds. The van der Waals surface area contributed by atoms with Crippen LogP contribution in [0, 0.1) is 11.3 Å². The van der Waals surface area contributed by atoms with E-state index in [4.69, 9.17) is 5.73 Å². The van der Waals surface area contributed by atoms with Crippen LogP contribution in [0.2, 0.25) is 0 Å². The van der Waals surface area contributed by atoms with Crippen molar-refractivity contribution in [1.82, 2.24) is 9.80 Å². The van der Waals surface area contributed by atoms with E-state index in [1.165, 1.54) is 0 Å². The van der Waals surface area contributed by atoms with Crippen molar-refractivity contribution in [2.45, 2.75) is 65.3 Å². The molecule has 0 unspecified atom stereocenters. The van der Waals surface area contributed by atoms with Crippen molar-refractivity contribution in [3.05, 3.63) is 0 Å². The molecule has 0 spiro atoms. The number of likely N-dealkylation sites (tertiary alicyclic amines) is 2. The van der Waals surface area contributed by atoms with E-state index in [0.717, 1.165) is 58.3 Å². The molecule has 0 aromatic rings. The molecule has 132 valence electrons. The lowest BCUT2D eigenvalue weighted by Crippen LogP contribution is -2.59. The standard InChI is InChI=1S/C18H33N3O2/c1-17(2,3)16(23)20-11-7-14(8-12-20)13-21-10-6-5-9-18(21,4)15(19)22/h14H,5-13H2,1-4H3,(H2,19,22)/t18-/m0/s1. The summed E-state index contributed by atoms with van der Waals surface area (Å²) < 4.78 is 0. The molecule has 2 fully saturated rings. The predicted molar refractivity (Wildman–Crippen MR) is 91.8 cm³/mol. The molecule has 0 radical (unpaired) electrons. The molecule has 0 bridgehead atoms. The summed E-state index contributed by atoms with van der Waals surface area (Å²) in [5.74, 6) is 0.601. The van der Waals surface area contributed by atoms with Crippen LogP contribution in [0.15, 0.2) is 0 Å². The minimum Gasteiger partial charge on any atom is -0.368 e. The van der Waals surface area contributed by atoms with Gasteiger partial charge in [0.25, 0.3) is 0 Å². The van der Waals surface area contributed by atoms with Gasteiger partial charge in [0.2, 0.25) is 11.8 Å². The van der Waals surface area contributed by atoms with Crippen LogP contribution in [0.3, 0.4) is 0 Å². The van der Waals surface area contributed by atoms with Gasteiger partial charge in [0, 0.05) is 25.0 Å². The summed E-state index contributed by atoms with van der Waals surface area (Å²) in [6.45, 7) is 11.5. The number of carbonyl (C=O) groups is 2. The van der Waals surface area contributed by atoms with E-state index < -0.39 is 5.54 Å². The quantitative estimate of drug-likeness (QED) is 0.864. The first-order valence-electron chi connectivity index (χ1n) is 8.99. The van der Waals surface area contributed by atoms with Crippen LogP contribution in [0.25, 0.3) is 0 Å². The van der Waals surface area contributed by atoms with Crippen LogP contribution in [0.4, 0.5) is 0 Å². The largest absolute Gasteiger partial charge is 0.368 e. The molecule has 0 aromatic heterocycles. The Morgan fingerprint density at radius 3 is 2.26 bits per heavy atom. The predicted octanol–water partition coefficient (Wildman–Crippen LogP) is 2.00. The van der Waals surface area contributed by atoms with Gasteiger partial charge in [0.15, 0.2) is 0 Å². The normalized spacial score (nSPS) is 27.9. The zero-order valence-electron chi connectivity index (χ0n) is 15.2. The SMILES string of the molecule is CC(C)(C)C(=O)N1CCC(CN2CCCC[C@@]2(C)C(N)=O)CC1. The number of carbonyl (C=O) groups excluding carboxylic acids is 2. The van der Waals surface area contributed by atoms with Gasteiger partial charge in [-0.05, 0) is 51.5 Å². The van der Waals surface area contributed by atoms with E-state index in [0.29, 0.717) is 5.92 Å². The molecule has 0 saturated carbocycles. The lowest BCUT2D eigenvalue weighted by atomic mass is 9.85. The van der Waals surface area contributed by atoms with Crippen LogP contribution >= 0.6 is 0 Å². The first-order valence-corrected chi connectivity index (χ1v) is 8.99. The van der Waals surface area contributed by atoms with Gasteiger partial charge in [-0.1, -0.05) is 20.8 Å². The lowest BCUT2D eigenvalue weighted by molar-refractivity contribution is -0.141. The van der Waals surface area contributed by atoms with Crippen molar-refractivity contribution in [3.8, 4) is 0 Å².